The third-order valence-corrected chi connectivity index (χ3v) is 3.93. The summed E-state index contributed by atoms with van der Waals surface area (Å²) in [5, 5.41) is 0.988. The molecule has 0 aromatic heterocycles. The van der Waals surface area contributed by atoms with Crippen molar-refractivity contribution in [1.82, 2.24) is 0 Å². The molecule has 0 N–H and O–H groups in total. The van der Waals surface area contributed by atoms with Gasteiger partial charge in [0.2, 0.25) is 5.91 Å². The summed E-state index contributed by atoms with van der Waals surface area (Å²) in [4.78, 5) is 14.3. The third kappa shape index (κ3) is 3.59. The van der Waals surface area contributed by atoms with E-state index in [1.807, 2.05) is 4.90 Å². The van der Waals surface area contributed by atoms with Crippen LogP contribution in [-0.4, -0.2) is 17.8 Å². The highest BCUT2D eigenvalue weighted by Gasteiger charge is 2.22. The molecule has 1 aromatic carbocycles. The SMILES string of the molecule is CC(C)CC(=O)N1CCCc2cc(CCBr)ccc21. The summed E-state index contributed by atoms with van der Waals surface area (Å²) in [6, 6.07) is 6.55. The van der Waals surface area contributed by atoms with E-state index in [1.54, 1.807) is 0 Å². The summed E-state index contributed by atoms with van der Waals surface area (Å²) in [5.74, 6) is 0.690. The van der Waals surface area contributed by atoms with Crippen molar-refractivity contribution in [1.29, 1.82) is 0 Å². The Hall–Kier alpha value is -0.830. The number of aryl methyl sites for hydroxylation is 2. The lowest BCUT2D eigenvalue weighted by Gasteiger charge is -2.30. The van der Waals surface area contributed by atoms with Crippen molar-refractivity contribution in [3.63, 3.8) is 0 Å². The normalized spacial score (nSPS) is 14.6. The molecular formula is C16H22BrNO. The second-order valence-corrected chi connectivity index (χ2v) is 6.44. The number of anilines is 1. The predicted molar refractivity (Wildman–Crippen MR) is 84.1 cm³/mol. The van der Waals surface area contributed by atoms with Gasteiger partial charge in [0.1, 0.15) is 0 Å². The fourth-order valence-electron chi connectivity index (χ4n) is 2.63. The van der Waals surface area contributed by atoms with Crippen LogP contribution in [0, 0.1) is 5.92 Å². The lowest BCUT2D eigenvalue weighted by molar-refractivity contribution is -0.119. The van der Waals surface area contributed by atoms with Crippen LogP contribution < -0.4 is 4.90 Å². The quantitative estimate of drug-likeness (QED) is 0.768. The monoisotopic (exact) mass is 323 g/mol. The molecule has 0 saturated heterocycles. The summed E-state index contributed by atoms with van der Waals surface area (Å²) in [5.41, 5.74) is 3.82. The second-order valence-electron chi connectivity index (χ2n) is 5.65. The van der Waals surface area contributed by atoms with Gasteiger partial charge in [-0.15, -0.1) is 0 Å². The van der Waals surface area contributed by atoms with Gasteiger partial charge in [-0.2, -0.15) is 0 Å². The number of halogens is 1. The first kappa shape index (κ1) is 14.6. The molecule has 2 nitrogen and oxygen atoms in total. The first-order valence-corrected chi connectivity index (χ1v) is 8.22. The van der Waals surface area contributed by atoms with E-state index >= 15 is 0 Å². The van der Waals surface area contributed by atoms with Gasteiger partial charge in [-0.25, -0.2) is 0 Å². The minimum atomic E-state index is 0.268. The van der Waals surface area contributed by atoms with E-state index in [0.717, 1.165) is 36.8 Å². The lowest BCUT2D eigenvalue weighted by Crippen LogP contribution is -2.36. The molecule has 2 rings (SSSR count). The smallest absolute Gasteiger partial charge is 0.227 e. The highest BCUT2D eigenvalue weighted by molar-refractivity contribution is 9.09. The Kier molecular flexibility index (Phi) is 5.03. The maximum atomic E-state index is 12.3. The summed E-state index contributed by atoms with van der Waals surface area (Å²) in [7, 11) is 0. The molecule has 0 spiro atoms. The molecule has 0 fully saturated rings. The van der Waals surface area contributed by atoms with Crippen LogP contribution in [0.3, 0.4) is 0 Å². The number of benzene rings is 1. The summed E-state index contributed by atoms with van der Waals surface area (Å²) in [6.45, 7) is 5.07. The lowest BCUT2D eigenvalue weighted by atomic mass is 9.97. The minimum absolute atomic E-state index is 0.268. The number of rotatable bonds is 4. The van der Waals surface area contributed by atoms with Crippen LogP contribution in [0.4, 0.5) is 5.69 Å². The molecule has 1 aromatic rings. The van der Waals surface area contributed by atoms with Crippen molar-refractivity contribution >= 4 is 27.5 Å². The van der Waals surface area contributed by atoms with E-state index in [9.17, 15) is 4.79 Å². The number of hydrogen-bond acceptors (Lipinski definition) is 1. The standard InChI is InChI=1S/C16H22BrNO/c1-12(2)10-16(19)18-9-3-4-14-11-13(7-8-17)5-6-15(14)18/h5-6,11-12H,3-4,7-10H2,1-2H3. The molecular weight excluding hydrogens is 302 g/mol. The summed E-state index contributed by atoms with van der Waals surface area (Å²) >= 11 is 3.48. The van der Waals surface area contributed by atoms with Crippen molar-refractivity contribution in [2.24, 2.45) is 5.92 Å². The van der Waals surface area contributed by atoms with Crippen LogP contribution in [-0.2, 0) is 17.6 Å². The molecule has 1 aliphatic rings. The van der Waals surface area contributed by atoms with Crippen LogP contribution >= 0.6 is 15.9 Å². The van der Waals surface area contributed by atoms with Gasteiger partial charge in [0.05, 0.1) is 0 Å². The average molecular weight is 324 g/mol. The molecule has 3 heteroatoms. The number of alkyl halides is 1. The molecule has 104 valence electrons. The zero-order valence-electron chi connectivity index (χ0n) is 11.8. The highest BCUT2D eigenvalue weighted by Crippen LogP contribution is 2.29. The Morgan fingerprint density at radius 2 is 2.21 bits per heavy atom. The molecule has 1 amide bonds. The highest BCUT2D eigenvalue weighted by atomic mass is 79.9. The molecule has 1 heterocycles. The van der Waals surface area contributed by atoms with Gasteiger partial charge < -0.3 is 4.90 Å². The molecule has 1 aliphatic heterocycles. The van der Waals surface area contributed by atoms with Gasteiger partial charge in [0.15, 0.2) is 0 Å². The molecule has 0 unspecified atom stereocenters. The topological polar surface area (TPSA) is 20.3 Å². The van der Waals surface area contributed by atoms with Crippen LogP contribution in [0.2, 0.25) is 0 Å². The van der Waals surface area contributed by atoms with E-state index in [1.165, 1.54) is 11.1 Å². The second kappa shape index (κ2) is 6.56. The number of nitrogens with zero attached hydrogens (tertiary/aromatic N) is 1. The first-order valence-electron chi connectivity index (χ1n) is 7.10. The maximum absolute atomic E-state index is 12.3. The molecule has 0 atom stereocenters. The van der Waals surface area contributed by atoms with Crippen LogP contribution in [0.25, 0.3) is 0 Å². The van der Waals surface area contributed by atoms with E-state index in [2.05, 4.69) is 48.0 Å². The van der Waals surface area contributed by atoms with E-state index in [4.69, 9.17) is 0 Å². The third-order valence-electron chi connectivity index (χ3n) is 3.53. The number of fused-ring (bicyclic) bond motifs is 1. The van der Waals surface area contributed by atoms with Gasteiger partial charge >= 0.3 is 0 Å². The van der Waals surface area contributed by atoms with Crippen molar-refractivity contribution < 1.29 is 4.79 Å². The maximum Gasteiger partial charge on any atom is 0.227 e. The molecule has 0 aliphatic carbocycles. The fraction of sp³-hybridized carbons (Fsp3) is 0.562. The van der Waals surface area contributed by atoms with Crippen molar-refractivity contribution in [2.45, 2.75) is 39.5 Å². The molecule has 0 bridgehead atoms. The van der Waals surface area contributed by atoms with Gasteiger partial charge in [-0.3, -0.25) is 4.79 Å². The van der Waals surface area contributed by atoms with Gasteiger partial charge in [0, 0.05) is 24.0 Å². The Labute approximate surface area is 124 Å². The van der Waals surface area contributed by atoms with Crippen LogP contribution in [0.5, 0.6) is 0 Å². The van der Waals surface area contributed by atoms with E-state index in [0.29, 0.717) is 12.3 Å². The minimum Gasteiger partial charge on any atom is -0.312 e. The summed E-state index contributed by atoms with van der Waals surface area (Å²) < 4.78 is 0. The van der Waals surface area contributed by atoms with Crippen LogP contribution in [0.1, 0.15) is 37.8 Å². The molecule has 0 radical (unpaired) electrons. The van der Waals surface area contributed by atoms with Gasteiger partial charge in [0.25, 0.3) is 0 Å². The molecule has 19 heavy (non-hydrogen) atoms. The summed E-state index contributed by atoms with van der Waals surface area (Å²) in [6.07, 6.45) is 3.86. The van der Waals surface area contributed by atoms with Crippen molar-refractivity contribution in [3.05, 3.63) is 29.3 Å². The fourth-order valence-corrected chi connectivity index (χ4v) is 3.09. The van der Waals surface area contributed by atoms with Crippen LogP contribution in [0.15, 0.2) is 18.2 Å². The zero-order valence-corrected chi connectivity index (χ0v) is 13.4. The number of carbonyl (C=O) groups excluding carboxylic acids is 1. The molecule has 0 saturated carbocycles. The zero-order chi connectivity index (χ0) is 13.8. The first-order chi connectivity index (χ1) is 9.11. The van der Waals surface area contributed by atoms with Gasteiger partial charge in [-0.05, 0) is 42.4 Å². The van der Waals surface area contributed by atoms with E-state index in [-0.39, 0.29) is 5.91 Å². The number of hydrogen-bond donors (Lipinski definition) is 0. The number of amides is 1. The number of carbonyl (C=O) groups is 1. The largest absolute Gasteiger partial charge is 0.312 e. The Bertz CT molecular complexity index is 456. The Morgan fingerprint density at radius 3 is 2.89 bits per heavy atom. The van der Waals surface area contributed by atoms with Crippen molar-refractivity contribution in [2.75, 3.05) is 16.8 Å². The average Bonchev–Trinajstić information content (AvgIpc) is 2.37. The van der Waals surface area contributed by atoms with E-state index < -0.39 is 0 Å². The van der Waals surface area contributed by atoms with Crippen molar-refractivity contribution in [3.8, 4) is 0 Å². The Morgan fingerprint density at radius 1 is 1.42 bits per heavy atom. The van der Waals surface area contributed by atoms with Gasteiger partial charge in [-0.1, -0.05) is 41.9 Å². The Balaban J connectivity index is 2.22. The predicted octanol–water partition coefficient (Wildman–Crippen LogP) is 3.95.